The van der Waals surface area contributed by atoms with Crippen LogP contribution in [0.15, 0.2) is 0 Å². The van der Waals surface area contributed by atoms with Gasteiger partial charge in [0, 0.05) is 26.3 Å². The van der Waals surface area contributed by atoms with Crippen LogP contribution in [0, 0.1) is 0 Å². The van der Waals surface area contributed by atoms with Crippen LogP contribution in [0.1, 0.15) is 27.2 Å². The fraction of sp³-hybridized carbons (Fsp3) is 1.00. The highest BCUT2D eigenvalue weighted by Crippen LogP contribution is 2.28. The zero-order chi connectivity index (χ0) is 11.2. The van der Waals surface area contributed by atoms with Crippen molar-refractivity contribution in [3.05, 3.63) is 0 Å². The first-order chi connectivity index (χ1) is 6.62. The summed E-state index contributed by atoms with van der Waals surface area (Å²) in [6.07, 6.45) is 1.43. The Labute approximate surface area is 88.4 Å². The number of hydrogen-bond acceptors (Lipinski definition) is 3. The second-order valence-electron chi connectivity index (χ2n) is 3.87. The van der Waals surface area contributed by atoms with Gasteiger partial charge in [-0.15, -0.1) is 0 Å². The molecule has 0 aromatic heterocycles. The Balaban J connectivity index is 0.000000791. The Kier molecular flexibility index (Phi) is 6.33. The van der Waals surface area contributed by atoms with Gasteiger partial charge in [0.2, 0.25) is 0 Å². The van der Waals surface area contributed by atoms with Gasteiger partial charge in [-0.25, -0.2) is 0 Å². The Morgan fingerprint density at radius 1 is 1.36 bits per heavy atom. The predicted octanol–water partition coefficient (Wildman–Crippen LogP) is 1.77. The fourth-order valence-electron chi connectivity index (χ4n) is 1.87. The van der Waals surface area contributed by atoms with Crippen molar-refractivity contribution in [2.45, 2.75) is 38.8 Å². The molecule has 1 heterocycles. The molecule has 1 aliphatic heterocycles. The maximum atomic E-state index is 5.33. The molecule has 1 saturated heterocycles. The Morgan fingerprint density at radius 3 is 2.29 bits per heavy atom. The number of likely N-dealkylation sites (N-methyl/N-ethyl adjacent to an activating group) is 1. The molecule has 14 heavy (non-hydrogen) atoms. The minimum Gasteiger partial charge on any atom is -0.383 e. The molecule has 1 unspecified atom stereocenters. The molecule has 1 fully saturated rings. The summed E-state index contributed by atoms with van der Waals surface area (Å²) in [5.41, 5.74) is 0.162. The van der Waals surface area contributed by atoms with Crippen molar-refractivity contribution >= 4 is 0 Å². The SMILES string of the molecule is CC.COC[C@]1(C)CC(OC)CN1C. The van der Waals surface area contributed by atoms with Gasteiger partial charge in [0.1, 0.15) is 0 Å². The molecule has 1 rings (SSSR count). The van der Waals surface area contributed by atoms with E-state index in [2.05, 4.69) is 18.9 Å². The molecule has 0 aliphatic carbocycles. The highest BCUT2D eigenvalue weighted by molar-refractivity contribution is 4.95. The number of nitrogens with zero attached hydrogens (tertiary/aromatic N) is 1. The van der Waals surface area contributed by atoms with Crippen molar-refractivity contribution in [2.75, 3.05) is 34.4 Å². The summed E-state index contributed by atoms with van der Waals surface area (Å²) >= 11 is 0. The number of ether oxygens (including phenoxy) is 2. The van der Waals surface area contributed by atoms with Gasteiger partial charge in [-0.3, -0.25) is 4.90 Å². The summed E-state index contributed by atoms with van der Waals surface area (Å²) < 4.78 is 10.5. The van der Waals surface area contributed by atoms with E-state index in [9.17, 15) is 0 Å². The first kappa shape index (κ1) is 13.9. The van der Waals surface area contributed by atoms with E-state index in [0.717, 1.165) is 19.6 Å². The van der Waals surface area contributed by atoms with E-state index in [0.29, 0.717) is 6.10 Å². The van der Waals surface area contributed by atoms with Crippen molar-refractivity contribution in [3.63, 3.8) is 0 Å². The van der Waals surface area contributed by atoms with Gasteiger partial charge in [-0.2, -0.15) is 0 Å². The molecule has 0 amide bonds. The quantitative estimate of drug-likeness (QED) is 0.698. The molecule has 3 nitrogen and oxygen atoms in total. The zero-order valence-electron chi connectivity index (χ0n) is 10.5. The molecule has 0 spiro atoms. The van der Waals surface area contributed by atoms with Crippen LogP contribution in [0.4, 0.5) is 0 Å². The molecule has 86 valence electrons. The van der Waals surface area contributed by atoms with E-state index < -0.39 is 0 Å². The lowest BCUT2D eigenvalue weighted by Crippen LogP contribution is -2.42. The first-order valence-corrected chi connectivity index (χ1v) is 5.35. The van der Waals surface area contributed by atoms with Crippen molar-refractivity contribution < 1.29 is 9.47 Å². The molecule has 1 aliphatic rings. The van der Waals surface area contributed by atoms with E-state index in [-0.39, 0.29) is 5.54 Å². The third-order valence-corrected chi connectivity index (χ3v) is 2.86. The Hall–Kier alpha value is -0.120. The zero-order valence-corrected chi connectivity index (χ0v) is 10.5. The van der Waals surface area contributed by atoms with E-state index in [1.54, 1.807) is 14.2 Å². The normalized spacial score (nSPS) is 32.6. The first-order valence-electron chi connectivity index (χ1n) is 5.35. The third kappa shape index (κ3) is 3.23. The van der Waals surface area contributed by atoms with Gasteiger partial charge in [0.25, 0.3) is 0 Å². The summed E-state index contributed by atoms with van der Waals surface area (Å²) in [5.74, 6) is 0. The van der Waals surface area contributed by atoms with Crippen molar-refractivity contribution in [2.24, 2.45) is 0 Å². The molecular formula is C11H25NO2. The van der Waals surface area contributed by atoms with Crippen LogP contribution < -0.4 is 0 Å². The Morgan fingerprint density at radius 2 is 1.93 bits per heavy atom. The molecule has 0 aromatic rings. The summed E-state index contributed by atoms with van der Waals surface area (Å²) in [6, 6.07) is 0. The molecule has 2 atom stereocenters. The molecule has 0 radical (unpaired) electrons. The van der Waals surface area contributed by atoms with Crippen LogP contribution in [0.5, 0.6) is 0 Å². The van der Waals surface area contributed by atoms with Gasteiger partial charge in [-0.05, 0) is 20.4 Å². The minimum atomic E-state index is 0.162. The minimum absolute atomic E-state index is 0.162. The van der Waals surface area contributed by atoms with Crippen LogP contribution >= 0.6 is 0 Å². The maximum Gasteiger partial charge on any atom is 0.0716 e. The second kappa shape index (κ2) is 6.38. The number of likely N-dealkylation sites (tertiary alicyclic amines) is 1. The van der Waals surface area contributed by atoms with Crippen molar-refractivity contribution in [3.8, 4) is 0 Å². The molecule has 0 bridgehead atoms. The molecule has 0 saturated carbocycles. The van der Waals surface area contributed by atoms with Gasteiger partial charge >= 0.3 is 0 Å². The third-order valence-electron chi connectivity index (χ3n) is 2.86. The monoisotopic (exact) mass is 203 g/mol. The van der Waals surface area contributed by atoms with Crippen LogP contribution in [-0.4, -0.2) is 51.0 Å². The standard InChI is InChI=1S/C9H19NO2.C2H6/c1-9(7-11-3)5-8(12-4)6-10(9)2;1-2/h8H,5-7H2,1-4H3;1-2H3/t8?,9-;/m0./s1. The summed E-state index contributed by atoms with van der Waals surface area (Å²) in [6.45, 7) is 8.01. The highest BCUT2D eigenvalue weighted by Gasteiger charge is 2.39. The average molecular weight is 203 g/mol. The molecule has 0 aromatic carbocycles. The van der Waals surface area contributed by atoms with Gasteiger partial charge in [0.15, 0.2) is 0 Å². The number of methoxy groups -OCH3 is 2. The topological polar surface area (TPSA) is 21.7 Å². The van der Waals surface area contributed by atoms with Crippen molar-refractivity contribution in [1.29, 1.82) is 0 Å². The van der Waals surface area contributed by atoms with Gasteiger partial charge in [-0.1, -0.05) is 13.8 Å². The largest absolute Gasteiger partial charge is 0.383 e. The van der Waals surface area contributed by atoms with E-state index in [4.69, 9.17) is 9.47 Å². The number of rotatable bonds is 3. The summed E-state index contributed by atoms with van der Waals surface area (Å²) in [4.78, 5) is 2.31. The second-order valence-corrected chi connectivity index (χ2v) is 3.87. The predicted molar refractivity (Wildman–Crippen MR) is 59.7 cm³/mol. The fourth-order valence-corrected chi connectivity index (χ4v) is 1.87. The van der Waals surface area contributed by atoms with Crippen LogP contribution in [0.3, 0.4) is 0 Å². The van der Waals surface area contributed by atoms with E-state index in [1.807, 2.05) is 13.8 Å². The highest BCUT2D eigenvalue weighted by atomic mass is 16.5. The molecule has 0 N–H and O–H groups in total. The van der Waals surface area contributed by atoms with Crippen molar-refractivity contribution in [1.82, 2.24) is 4.90 Å². The van der Waals surface area contributed by atoms with Crippen LogP contribution in [0.25, 0.3) is 0 Å². The lowest BCUT2D eigenvalue weighted by Gasteiger charge is -2.30. The van der Waals surface area contributed by atoms with Crippen LogP contribution in [0.2, 0.25) is 0 Å². The molecular weight excluding hydrogens is 178 g/mol. The smallest absolute Gasteiger partial charge is 0.0716 e. The lowest BCUT2D eigenvalue weighted by molar-refractivity contribution is 0.0640. The van der Waals surface area contributed by atoms with Gasteiger partial charge in [0.05, 0.1) is 12.7 Å². The lowest BCUT2D eigenvalue weighted by atomic mass is 10.00. The average Bonchev–Trinajstić information content (AvgIpc) is 2.47. The maximum absolute atomic E-state index is 5.33. The summed E-state index contributed by atoms with van der Waals surface area (Å²) in [7, 11) is 5.65. The van der Waals surface area contributed by atoms with Gasteiger partial charge < -0.3 is 9.47 Å². The van der Waals surface area contributed by atoms with E-state index in [1.165, 1.54) is 0 Å². The number of hydrogen-bond donors (Lipinski definition) is 0. The molecule has 3 heteroatoms. The van der Waals surface area contributed by atoms with Crippen LogP contribution in [-0.2, 0) is 9.47 Å². The van der Waals surface area contributed by atoms with E-state index >= 15 is 0 Å². The summed E-state index contributed by atoms with van der Waals surface area (Å²) in [5, 5.41) is 0. The Bertz CT molecular complexity index is 152.